The summed E-state index contributed by atoms with van der Waals surface area (Å²) in [6.07, 6.45) is 3.26. The van der Waals surface area contributed by atoms with Crippen LogP contribution in [0.2, 0.25) is 10.0 Å². The van der Waals surface area contributed by atoms with Gasteiger partial charge in [-0.25, -0.2) is 8.42 Å². The van der Waals surface area contributed by atoms with Gasteiger partial charge in [0.25, 0.3) is 5.91 Å². The van der Waals surface area contributed by atoms with Crippen LogP contribution in [0.5, 0.6) is 5.75 Å². The summed E-state index contributed by atoms with van der Waals surface area (Å²) in [5.74, 6) is -1.41. The molecule has 0 aliphatic rings. The van der Waals surface area contributed by atoms with E-state index in [1.807, 2.05) is 0 Å². The lowest BCUT2D eigenvalue weighted by Gasteiger charge is -2.18. The molecule has 0 unspecified atom stereocenters. The molecule has 4 rings (SSSR count). The number of ether oxygens (including phenoxy) is 1. The molecule has 0 aliphatic carbocycles. The number of carbonyl (C=O) groups excluding carboxylic acids is 1. The molecule has 4 aromatic rings. The molecule has 0 bridgehead atoms. The van der Waals surface area contributed by atoms with Gasteiger partial charge < -0.3 is 9.15 Å². The van der Waals surface area contributed by atoms with E-state index in [4.69, 9.17) is 27.6 Å². The van der Waals surface area contributed by atoms with E-state index in [1.165, 1.54) is 18.2 Å². The number of fused-ring (bicyclic) bond motifs is 3. The highest BCUT2D eigenvalue weighted by molar-refractivity contribution is 7.92. The summed E-state index contributed by atoms with van der Waals surface area (Å²) >= 11 is 12.1. The molecule has 0 atom stereocenters. The SMILES string of the molecule is CS(=O)(=O)Nc1ccc2oc3c(OC(F)F)ccc(C(=O)N(O)c4c(Cl)cncc4Cl)c3c2c1. The number of hydroxylamine groups is 1. The lowest BCUT2D eigenvalue weighted by Crippen LogP contribution is -2.28. The van der Waals surface area contributed by atoms with Crippen molar-refractivity contribution in [3.63, 3.8) is 0 Å². The highest BCUT2D eigenvalue weighted by atomic mass is 35.5. The van der Waals surface area contributed by atoms with Crippen LogP contribution in [0.15, 0.2) is 47.1 Å². The van der Waals surface area contributed by atoms with Crippen LogP contribution < -0.4 is 14.5 Å². The van der Waals surface area contributed by atoms with Crippen molar-refractivity contribution in [2.75, 3.05) is 16.0 Å². The lowest BCUT2D eigenvalue weighted by atomic mass is 10.0. The Labute approximate surface area is 200 Å². The first-order valence-electron chi connectivity index (χ1n) is 9.20. The summed E-state index contributed by atoms with van der Waals surface area (Å²) in [5.41, 5.74) is -0.414. The number of rotatable bonds is 6. The zero-order chi connectivity index (χ0) is 24.8. The Morgan fingerprint density at radius 3 is 2.50 bits per heavy atom. The third-order valence-electron chi connectivity index (χ3n) is 4.56. The third-order valence-corrected chi connectivity index (χ3v) is 5.72. The molecule has 0 saturated heterocycles. The summed E-state index contributed by atoms with van der Waals surface area (Å²) in [6.45, 7) is -3.19. The summed E-state index contributed by atoms with van der Waals surface area (Å²) in [4.78, 5) is 17.0. The van der Waals surface area contributed by atoms with Crippen molar-refractivity contribution in [3.05, 3.63) is 58.3 Å². The first kappa shape index (κ1) is 24.0. The van der Waals surface area contributed by atoms with Crippen molar-refractivity contribution < 1.29 is 36.4 Å². The minimum Gasteiger partial charge on any atom is -0.452 e. The van der Waals surface area contributed by atoms with E-state index < -0.39 is 22.5 Å². The molecular formula is C20H13Cl2F2N3O6S. The van der Waals surface area contributed by atoms with Gasteiger partial charge in [0.1, 0.15) is 11.3 Å². The lowest BCUT2D eigenvalue weighted by molar-refractivity contribution is -0.0493. The highest BCUT2D eigenvalue weighted by Crippen LogP contribution is 2.40. The molecule has 0 saturated carbocycles. The van der Waals surface area contributed by atoms with Crippen molar-refractivity contribution in [3.8, 4) is 5.75 Å². The third kappa shape index (κ3) is 4.57. The first-order chi connectivity index (χ1) is 16.0. The number of anilines is 2. The number of halogens is 4. The smallest absolute Gasteiger partial charge is 0.387 e. The molecule has 1 amide bonds. The van der Waals surface area contributed by atoms with Gasteiger partial charge in [-0.1, -0.05) is 23.2 Å². The Hall–Kier alpha value is -3.19. The Bertz CT molecular complexity index is 1520. The molecule has 2 aromatic heterocycles. The van der Waals surface area contributed by atoms with Gasteiger partial charge in [-0.05, 0) is 30.3 Å². The number of pyridine rings is 1. The van der Waals surface area contributed by atoms with Gasteiger partial charge in [0.15, 0.2) is 11.3 Å². The molecule has 0 radical (unpaired) electrons. The van der Waals surface area contributed by atoms with Crippen LogP contribution in [-0.2, 0) is 10.0 Å². The topological polar surface area (TPSA) is 122 Å². The second kappa shape index (κ2) is 8.87. The predicted octanol–water partition coefficient (Wildman–Crippen LogP) is 5.30. The number of sulfonamides is 1. The fourth-order valence-corrected chi connectivity index (χ4v) is 4.40. The molecule has 2 N–H and O–H groups in total. The molecule has 178 valence electrons. The maximum atomic E-state index is 13.2. The fourth-order valence-electron chi connectivity index (χ4n) is 3.32. The Kier molecular flexibility index (Phi) is 6.25. The van der Waals surface area contributed by atoms with Gasteiger partial charge in [-0.15, -0.1) is 0 Å². The molecule has 2 aromatic carbocycles. The highest BCUT2D eigenvalue weighted by Gasteiger charge is 2.27. The summed E-state index contributed by atoms with van der Waals surface area (Å²) < 4.78 is 61.6. The van der Waals surface area contributed by atoms with E-state index in [1.54, 1.807) is 0 Å². The summed E-state index contributed by atoms with van der Waals surface area (Å²) in [6, 6.07) is 6.33. The van der Waals surface area contributed by atoms with Crippen LogP contribution in [-0.4, -0.2) is 37.4 Å². The minimum absolute atomic E-state index is 0.0179. The van der Waals surface area contributed by atoms with Crippen molar-refractivity contribution >= 4 is 72.4 Å². The Morgan fingerprint density at radius 1 is 1.21 bits per heavy atom. The van der Waals surface area contributed by atoms with Crippen LogP contribution >= 0.6 is 23.2 Å². The maximum Gasteiger partial charge on any atom is 0.387 e. The monoisotopic (exact) mass is 531 g/mol. The van der Waals surface area contributed by atoms with E-state index in [2.05, 4.69) is 14.4 Å². The average Bonchev–Trinajstić information content (AvgIpc) is 3.11. The minimum atomic E-state index is -3.65. The second-order valence-corrected chi connectivity index (χ2v) is 9.51. The van der Waals surface area contributed by atoms with Gasteiger partial charge in [0, 0.05) is 28.9 Å². The normalized spacial score (nSPS) is 11.9. The molecular weight excluding hydrogens is 519 g/mol. The Balaban J connectivity index is 1.96. The number of alkyl halides is 2. The predicted molar refractivity (Wildman–Crippen MR) is 122 cm³/mol. The molecule has 14 heteroatoms. The number of carbonyl (C=O) groups is 1. The molecule has 9 nitrogen and oxygen atoms in total. The van der Waals surface area contributed by atoms with Crippen LogP contribution in [0.25, 0.3) is 21.9 Å². The molecule has 2 heterocycles. The maximum absolute atomic E-state index is 13.2. The van der Waals surface area contributed by atoms with Crippen molar-refractivity contribution in [1.82, 2.24) is 4.98 Å². The van der Waals surface area contributed by atoms with E-state index in [9.17, 15) is 27.2 Å². The zero-order valence-electron chi connectivity index (χ0n) is 16.9. The largest absolute Gasteiger partial charge is 0.452 e. The van der Waals surface area contributed by atoms with Crippen LogP contribution in [0, 0.1) is 0 Å². The first-order valence-corrected chi connectivity index (χ1v) is 11.8. The van der Waals surface area contributed by atoms with Crippen molar-refractivity contribution in [2.24, 2.45) is 0 Å². The van der Waals surface area contributed by atoms with E-state index in [-0.39, 0.29) is 59.7 Å². The van der Waals surface area contributed by atoms with Gasteiger partial charge >= 0.3 is 6.61 Å². The molecule has 0 aliphatic heterocycles. The number of nitrogens with zero attached hydrogens (tertiary/aromatic N) is 2. The number of aromatic nitrogens is 1. The number of nitrogens with one attached hydrogen (secondary N) is 1. The van der Waals surface area contributed by atoms with Crippen molar-refractivity contribution in [1.29, 1.82) is 0 Å². The second-order valence-electron chi connectivity index (χ2n) is 6.95. The van der Waals surface area contributed by atoms with E-state index in [0.717, 1.165) is 30.8 Å². The fraction of sp³-hybridized carbons (Fsp3) is 0.100. The Morgan fingerprint density at radius 2 is 1.88 bits per heavy atom. The van der Waals surface area contributed by atoms with Gasteiger partial charge in [-0.2, -0.15) is 13.8 Å². The summed E-state index contributed by atoms with van der Waals surface area (Å²) in [7, 11) is -3.65. The van der Waals surface area contributed by atoms with E-state index >= 15 is 0 Å². The van der Waals surface area contributed by atoms with Crippen LogP contribution in [0.3, 0.4) is 0 Å². The average molecular weight is 532 g/mol. The quantitative estimate of drug-likeness (QED) is 0.255. The molecule has 34 heavy (non-hydrogen) atoms. The number of hydrogen-bond acceptors (Lipinski definition) is 7. The molecule has 0 fully saturated rings. The van der Waals surface area contributed by atoms with Crippen LogP contribution in [0.1, 0.15) is 10.4 Å². The summed E-state index contributed by atoms with van der Waals surface area (Å²) in [5, 5.41) is 10.7. The number of hydrogen-bond donors (Lipinski definition) is 2. The zero-order valence-corrected chi connectivity index (χ0v) is 19.3. The van der Waals surface area contributed by atoms with Gasteiger partial charge in [0.2, 0.25) is 10.0 Å². The number of amides is 1. The van der Waals surface area contributed by atoms with Crippen LogP contribution in [0.4, 0.5) is 20.2 Å². The number of furan rings is 1. The number of benzene rings is 2. The van der Waals surface area contributed by atoms with E-state index in [0.29, 0.717) is 0 Å². The van der Waals surface area contributed by atoms with Gasteiger partial charge in [0.05, 0.1) is 21.9 Å². The van der Waals surface area contributed by atoms with Crippen molar-refractivity contribution in [2.45, 2.75) is 6.61 Å². The molecule has 0 spiro atoms. The van der Waals surface area contributed by atoms with Gasteiger partial charge in [-0.3, -0.25) is 19.7 Å². The standard InChI is InChI=1S/C20H13Cl2F2N3O6S/c1-34(30,31)26-9-2-4-14-11(6-9)16-10(3-5-15(18(16)32-14)33-20(23)24)19(28)27(29)17-12(21)7-25-8-13(17)22/h2-8,20,26,29H,1H3.